The number of sulfone groups is 1. The van der Waals surface area contributed by atoms with E-state index in [1.807, 2.05) is 0 Å². The lowest BCUT2D eigenvalue weighted by Gasteiger charge is -2.24. The highest BCUT2D eigenvalue weighted by atomic mass is 32.2. The van der Waals surface area contributed by atoms with Gasteiger partial charge in [0.05, 0.1) is 14.7 Å². The minimum Gasteiger partial charge on any atom is -0.317 e. The van der Waals surface area contributed by atoms with E-state index in [0.29, 0.717) is 18.4 Å². The molecule has 146 valence electrons. The molecule has 0 aliphatic carbocycles. The fourth-order valence-corrected chi connectivity index (χ4v) is 5.95. The second-order valence-electron chi connectivity index (χ2n) is 6.53. The van der Waals surface area contributed by atoms with Crippen LogP contribution < -0.4 is 10.0 Å². The number of rotatable bonds is 5. The number of aryl methyl sites for hydroxylation is 1. The Labute approximate surface area is 158 Å². The van der Waals surface area contributed by atoms with Crippen molar-refractivity contribution in [1.82, 2.24) is 10.0 Å². The van der Waals surface area contributed by atoms with E-state index in [4.69, 9.17) is 0 Å². The van der Waals surface area contributed by atoms with Gasteiger partial charge in [0.15, 0.2) is 0 Å². The van der Waals surface area contributed by atoms with Crippen LogP contribution in [0.1, 0.15) is 18.4 Å². The van der Waals surface area contributed by atoms with Gasteiger partial charge < -0.3 is 5.32 Å². The Hall–Kier alpha value is -1.81. The molecule has 0 aromatic heterocycles. The fourth-order valence-electron chi connectivity index (χ4n) is 3.01. The number of nitrogens with one attached hydrogen (secondary N) is 2. The quantitative estimate of drug-likeness (QED) is 0.733. The van der Waals surface area contributed by atoms with Gasteiger partial charge in [-0.1, -0.05) is 6.07 Å². The van der Waals surface area contributed by atoms with Gasteiger partial charge in [-0.2, -0.15) is 0 Å². The fraction of sp³-hybridized carbons (Fsp3) is 0.333. The van der Waals surface area contributed by atoms with Crippen LogP contribution in [0.2, 0.25) is 0 Å². The highest BCUT2D eigenvalue weighted by Gasteiger charge is 2.26. The molecule has 1 fully saturated rings. The summed E-state index contributed by atoms with van der Waals surface area (Å²) in [7, 11) is -7.82. The first-order valence-electron chi connectivity index (χ1n) is 8.54. The van der Waals surface area contributed by atoms with Crippen LogP contribution in [-0.4, -0.2) is 36.0 Å². The molecule has 2 aromatic carbocycles. The Kier molecular flexibility index (Phi) is 5.66. The predicted molar refractivity (Wildman–Crippen MR) is 99.2 cm³/mol. The van der Waals surface area contributed by atoms with E-state index in [2.05, 4.69) is 10.0 Å². The Bertz CT molecular complexity index is 1030. The standard InChI is InChI=1S/C18H21FN2O4S2/c1-13-2-5-17(26(22,23)16-6-3-14(19)4-7-16)12-18(13)27(24,25)21-15-8-10-20-11-9-15/h2-7,12,15,20-21H,8-11H2,1H3. The van der Waals surface area contributed by atoms with Gasteiger partial charge in [0.25, 0.3) is 0 Å². The number of benzene rings is 2. The van der Waals surface area contributed by atoms with E-state index < -0.39 is 25.7 Å². The maximum atomic E-state index is 13.1. The summed E-state index contributed by atoms with van der Waals surface area (Å²) in [4.78, 5) is -0.308. The van der Waals surface area contributed by atoms with Crippen molar-refractivity contribution in [2.75, 3.05) is 13.1 Å². The van der Waals surface area contributed by atoms with Crippen molar-refractivity contribution in [1.29, 1.82) is 0 Å². The van der Waals surface area contributed by atoms with Crippen LogP contribution in [0.4, 0.5) is 4.39 Å². The SMILES string of the molecule is Cc1ccc(S(=O)(=O)c2ccc(F)cc2)cc1S(=O)(=O)NC1CCNCC1. The first-order valence-corrected chi connectivity index (χ1v) is 11.5. The van der Waals surface area contributed by atoms with E-state index in [1.54, 1.807) is 6.92 Å². The molecule has 0 amide bonds. The topological polar surface area (TPSA) is 92.3 Å². The van der Waals surface area contributed by atoms with E-state index in [0.717, 1.165) is 43.4 Å². The summed E-state index contributed by atoms with van der Waals surface area (Å²) in [5.41, 5.74) is 0.453. The van der Waals surface area contributed by atoms with Crippen LogP contribution in [0.3, 0.4) is 0 Å². The van der Waals surface area contributed by atoms with Crippen LogP contribution in [0.5, 0.6) is 0 Å². The normalized spacial score (nSPS) is 16.4. The van der Waals surface area contributed by atoms with Crippen molar-refractivity contribution in [2.24, 2.45) is 0 Å². The molecule has 0 radical (unpaired) electrons. The summed E-state index contributed by atoms with van der Waals surface area (Å²) in [6.45, 7) is 3.07. The lowest BCUT2D eigenvalue weighted by atomic mass is 10.1. The smallest absolute Gasteiger partial charge is 0.241 e. The zero-order valence-electron chi connectivity index (χ0n) is 14.8. The zero-order valence-corrected chi connectivity index (χ0v) is 16.4. The molecule has 0 bridgehead atoms. The van der Waals surface area contributed by atoms with Crippen LogP contribution in [0.25, 0.3) is 0 Å². The number of piperidine rings is 1. The van der Waals surface area contributed by atoms with Crippen molar-refractivity contribution >= 4 is 19.9 Å². The van der Waals surface area contributed by atoms with Gasteiger partial charge in [-0.25, -0.2) is 25.9 Å². The van der Waals surface area contributed by atoms with Gasteiger partial charge in [0.1, 0.15) is 5.82 Å². The second kappa shape index (κ2) is 7.67. The van der Waals surface area contributed by atoms with Gasteiger partial charge in [-0.3, -0.25) is 0 Å². The summed E-state index contributed by atoms with van der Waals surface area (Å²) in [5, 5.41) is 3.16. The van der Waals surface area contributed by atoms with Crippen molar-refractivity contribution < 1.29 is 21.2 Å². The largest absolute Gasteiger partial charge is 0.317 e. The van der Waals surface area contributed by atoms with Gasteiger partial charge in [-0.05, 0) is 74.8 Å². The Morgan fingerprint density at radius 2 is 1.56 bits per heavy atom. The molecule has 1 heterocycles. The lowest BCUT2D eigenvalue weighted by molar-refractivity contribution is 0.427. The highest BCUT2D eigenvalue weighted by Crippen LogP contribution is 2.26. The molecular formula is C18H21FN2O4S2. The molecule has 6 nitrogen and oxygen atoms in total. The number of sulfonamides is 1. The van der Waals surface area contributed by atoms with E-state index >= 15 is 0 Å². The van der Waals surface area contributed by atoms with Crippen molar-refractivity contribution in [3.05, 3.63) is 53.8 Å². The molecule has 0 unspecified atom stereocenters. The number of halogens is 1. The summed E-state index contributed by atoms with van der Waals surface area (Å²) < 4.78 is 66.9. The Balaban J connectivity index is 1.97. The average molecular weight is 413 g/mol. The third-order valence-corrected chi connectivity index (χ3v) is 7.97. The van der Waals surface area contributed by atoms with Gasteiger partial charge in [0.2, 0.25) is 19.9 Å². The monoisotopic (exact) mass is 412 g/mol. The van der Waals surface area contributed by atoms with E-state index in [9.17, 15) is 21.2 Å². The molecule has 27 heavy (non-hydrogen) atoms. The second-order valence-corrected chi connectivity index (χ2v) is 10.2. The summed E-state index contributed by atoms with van der Waals surface area (Å²) >= 11 is 0. The maximum absolute atomic E-state index is 13.1. The molecule has 0 atom stereocenters. The first kappa shape index (κ1) is 19.9. The van der Waals surface area contributed by atoms with Crippen LogP contribution in [0, 0.1) is 12.7 Å². The highest BCUT2D eigenvalue weighted by molar-refractivity contribution is 7.91. The number of hydrogen-bond acceptors (Lipinski definition) is 5. The number of hydrogen-bond donors (Lipinski definition) is 2. The van der Waals surface area contributed by atoms with Gasteiger partial charge in [-0.15, -0.1) is 0 Å². The molecule has 2 aromatic rings. The molecule has 0 spiro atoms. The zero-order chi connectivity index (χ0) is 19.7. The molecule has 1 aliphatic heterocycles. The Morgan fingerprint density at radius 3 is 2.19 bits per heavy atom. The first-order chi connectivity index (χ1) is 12.7. The van der Waals surface area contributed by atoms with Gasteiger partial charge >= 0.3 is 0 Å². The molecule has 9 heteroatoms. The van der Waals surface area contributed by atoms with Gasteiger partial charge in [0, 0.05) is 6.04 Å². The average Bonchev–Trinajstić information content (AvgIpc) is 2.62. The van der Waals surface area contributed by atoms with Crippen molar-refractivity contribution in [2.45, 2.75) is 40.5 Å². The van der Waals surface area contributed by atoms with E-state index in [-0.39, 0.29) is 20.7 Å². The minimum absolute atomic E-state index is 0.0655. The van der Waals surface area contributed by atoms with Crippen LogP contribution >= 0.6 is 0 Å². The third-order valence-electron chi connectivity index (χ3n) is 4.54. The molecule has 1 saturated heterocycles. The van der Waals surface area contributed by atoms with Crippen molar-refractivity contribution in [3.63, 3.8) is 0 Å². The minimum atomic E-state index is -3.96. The van der Waals surface area contributed by atoms with Crippen LogP contribution in [0.15, 0.2) is 57.2 Å². The summed E-state index contributed by atoms with van der Waals surface area (Å²) in [5.74, 6) is -0.549. The molecule has 3 rings (SSSR count). The maximum Gasteiger partial charge on any atom is 0.241 e. The molecule has 1 aliphatic rings. The summed E-state index contributed by atoms with van der Waals surface area (Å²) in [6.07, 6.45) is 1.34. The van der Waals surface area contributed by atoms with E-state index in [1.165, 1.54) is 12.1 Å². The Morgan fingerprint density at radius 1 is 0.963 bits per heavy atom. The summed E-state index contributed by atoms with van der Waals surface area (Å²) in [6, 6.07) is 8.22. The van der Waals surface area contributed by atoms with Crippen molar-refractivity contribution in [3.8, 4) is 0 Å². The molecular weight excluding hydrogens is 391 g/mol. The lowest BCUT2D eigenvalue weighted by Crippen LogP contribution is -2.42. The van der Waals surface area contributed by atoms with Crippen LogP contribution in [-0.2, 0) is 19.9 Å². The molecule has 0 saturated carbocycles. The molecule has 2 N–H and O–H groups in total. The third kappa shape index (κ3) is 4.37. The predicted octanol–water partition coefficient (Wildman–Crippen LogP) is 2.00.